The summed E-state index contributed by atoms with van der Waals surface area (Å²) in [5.41, 5.74) is 2.56. The van der Waals surface area contributed by atoms with Gasteiger partial charge in [0.2, 0.25) is 0 Å². The number of hydrogen-bond acceptors (Lipinski definition) is 3. The summed E-state index contributed by atoms with van der Waals surface area (Å²) in [7, 11) is 1.79. The van der Waals surface area contributed by atoms with E-state index in [1.807, 2.05) is 6.07 Å². The highest BCUT2D eigenvalue weighted by atomic mass is 127. The minimum Gasteiger partial charge on any atom is -0.359 e. The molecule has 0 spiro atoms. The van der Waals surface area contributed by atoms with Crippen LogP contribution in [0, 0.1) is 0 Å². The summed E-state index contributed by atoms with van der Waals surface area (Å²) in [6.07, 6.45) is 8.66. The fourth-order valence-electron chi connectivity index (χ4n) is 2.55. The summed E-state index contributed by atoms with van der Waals surface area (Å²) >= 11 is 0. The highest BCUT2D eigenvalue weighted by Gasteiger charge is 2.08. The summed E-state index contributed by atoms with van der Waals surface area (Å²) < 4.78 is 5.32. The lowest BCUT2D eigenvalue weighted by molar-refractivity contribution is 0.372. The van der Waals surface area contributed by atoms with Gasteiger partial charge >= 0.3 is 0 Å². The van der Waals surface area contributed by atoms with E-state index in [-0.39, 0.29) is 24.0 Å². The summed E-state index contributed by atoms with van der Waals surface area (Å²) in [5, 5.41) is 10.7. The Morgan fingerprint density at radius 1 is 1.35 bits per heavy atom. The first-order valence-corrected chi connectivity index (χ1v) is 8.27. The maximum absolute atomic E-state index is 5.32. The van der Waals surface area contributed by atoms with Gasteiger partial charge in [-0.25, -0.2) is 0 Å². The Labute approximate surface area is 156 Å². The molecule has 130 valence electrons. The predicted molar refractivity (Wildman–Crippen MR) is 105 cm³/mol. The molecular weight excluding hydrogens is 403 g/mol. The van der Waals surface area contributed by atoms with E-state index in [0.29, 0.717) is 12.5 Å². The van der Waals surface area contributed by atoms with Crippen LogP contribution in [0.2, 0.25) is 0 Å². The Morgan fingerprint density at radius 3 is 2.78 bits per heavy atom. The van der Waals surface area contributed by atoms with Gasteiger partial charge in [-0.15, -0.1) is 24.0 Å². The first-order valence-electron chi connectivity index (χ1n) is 8.27. The van der Waals surface area contributed by atoms with Crippen molar-refractivity contribution < 1.29 is 4.52 Å². The molecule has 1 aromatic heterocycles. The van der Waals surface area contributed by atoms with Gasteiger partial charge in [-0.2, -0.15) is 0 Å². The molecule has 0 saturated carbocycles. The minimum absolute atomic E-state index is 0. The van der Waals surface area contributed by atoms with E-state index < -0.39 is 0 Å². The molecule has 0 aromatic carbocycles. The first kappa shape index (κ1) is 20.0. The zero-order valence-electron chi connectivity index (χ0n) is 14.4. The number of halogens is 1. The van der Waals surface area contributed by atoms with Crippen molar-refractivity contribution in [2.24, 2.45) is 4.99 Å². The molecule has 0 unspecified atom stereocenters. The number of aliphatic imine (C=N–C) groups is 1. The third-order valence-corrected chi connectivity index (χ3v) is 3.95. The molecule has 5 nitrogen and oxygen atoms in total. The normalized spacial score (nSPS) is 15.1. The summed E-state index contributed by atoms with van der Waals surface area (Å²) in [6.45, 7) is 5.73. The lowest BCUT2D eigenvalue weighted by Crippen LogP contribution is -2.37. The van der Waals surface area contributed by atoms with Gasteiger partial charge in [-0.05, 0) is 38.0 Å². The van der Waals surface area contributed by atoms with Crippen LogP contribution in [0.1, 0.15) is 63.3 Å². The number of nitrogens with zero attached hydrogens (tertiary/aromatic N) is 2. The van der Waals surface area contributed by atoms with Crippen LogP contribution in [0.15, 0.2) is 27.2 Å². The Bertz CT molecular complexity index is 522. The largest absolute Gasteiger partial charge is 0.359 e. The van der Waals surface area contributed by atoms with Gasteiger partial charge in [0, 0.05) is 19.7 Å². The second kappa shape index (κ2) is 10.7. The van der Waals surface area contributed by atoms with Gasteiger partial charge in [-0.3, -0.25) is 4.99 Å². The molecule has 0 atom stereocenters. The SMILES string of the molecule is CN=C(NCCC1=CCCCC1)NCc1cc(C(C)C)no1.I. The minimum atomic E-state index is 0. The van der Waals surface area contributed by atoms with Gasteiger partial charge in [0.15, 0.2) is 11.7 Å². The van der Waals surface area contributed by atoms with Crippen molar-refractivity contribution in [1.29, 1.82) is 0 Å². The van der Waals surface area contributed by atoms with Crippen LogP contribution < -0.4 is 10.6 Å². The molecule has 1 aliphatic carbocycles. The Hall–Kier alpha value is -1.05. The zero-order chi connectivity index (χ0) is 15.8. The molecule has 0 amide bonds. The maximum atomic E-state index is 5.32. The highest BCUT2D eigenvalue weighted by Crippen LogP contribution is 2.19. The van der Waals surface area contributed by atoms with E-state index in [9.17, 15) is 0 Å². The van der Waals surface area contributed by atoms with E-state index in [4.69, 9.17) is 4.52 Å². The summed E-state index contributed by atoms with van der Waals surface area (Å²) in [4.78, 5) is 4.24. The van der Waals surface area contributed by atoms with Gasteiger partial charge in [0.25, 0.3) is 0 Å². The monoisotopic (exact) mass is 432 g/mol. The van der Waals surface area contributed by atoms with Crippen molar-refractivity contribution >= 4 is 29.9 Å². The van der Waals surface area contributed by atoms with Crippen LogP contribution in [0.3, 0.4) is 0 Å². The van der Waals surface area contributed by atoms with Crippen LogP contribution >= 0.6 is 24.0 Å². The molecular formula is C17H29IN4O. The van der Waals surface area contributed by atoms with Crippen LogP contribution in [0.4, 0.5) is 0 Å². The van der Waals surface area contributed by atoms with Crippen LogP contribution in [-0.4, -0.2) is 24.7 Å². The molecule has 6 heteroatoms. The molecule has 0 radical (unpaired) electrons. The average Bonchev–Trinajstić information content (AvgIpc) is 3.01. The fourth-order valence-corrected chi connectivity index (χ4v) is 2.55. The quantitative estimate of drug-likeness (QED) is 0.309. The van der Waals surface area contributed by atoms with E-state index >= 15 is 0 Å². The second-order valence-corrected chi connectivity index (χ2v) is 6.08. The van der Waals surface area contributed by atoms with Gasteiger partial charge in [0.1, 0.15) is 0 Å². The van der Waals surface area contributed by atoms with Gasteiger partial charge in [0.05, 0.1) is 12.2 Å². The van der Waals surface area contributed by atoms with Crippen molar-refractivity contribution in [2.75, 3.05) is 13.6 Å². The van der Waals surface area contributed by atoms with Gasteiger partial charge < -0.3 is 15.2 Å². The number of allylic oxidation sites excluding steroid dienone is 1. The molecule has 0 fully saturated rings. The lowest BCUT2D eigenvalue weighted by Gasteiger charge is -2.14. The molecule has 23 heavy (non-hydrogen) atoms. The molecule has 0 bridgehead atoms. The predicted octanol–water partition coefficient (Wildman–Crippen LogP) is 3.97. The summed E-state index contributed by atoms with van der Waals surface area (Å²) in [5.74, 6) is 2.03. The topological polar surface area (TPSA) is 62.5 Å². The third kappa shape index (κ3) is 6.93. The zero-order valence-corrected chi connectivity index (χ0v) is 16.7. The number of nitrogens with one attached hydrogen (secondary N) is 2. The van der Waals surface area contributed by atoms with E-state index in [2.05, 4.69) is 40.7 Å². The third-order valence-electron chi connectivity index (χ3n) is 3.95. The van der Waals surface area contributed by atoms with Crippen molar-refractivity contribution in [3.8, 4) is 0 Å². The maximum Gasteiger partial charge on any atom is 0.191 e. The Morgan fingerprint density at radius 2 is 2.17 bits per heavy atom. The van der Waals surface area contributed by atoms with E-state index in [0.717, 1.165) is 30.4 Å². The molecule has 2 N–H and O–H groups in total. The van der Waals surface area contributed by atoms with E-state index in [1.54, 1.807) is 12.6 Å². The summed E-state index contributed by atoms with van der Waals surface area (Å²) in [6, 6.07) is 2.00. The van der Waals surface area contributed by atoms with Crippen molar-refractivity contribution in [3.63, 3.8) is 0 Å². The molecule has 1 aliphatic rings. The number of guanidine groups is 1. The standard InChI is InChI=1S/C17H28N4O.HI/c1-13(2)16-11-15(22-21-16)12-20-17(18-3)19-10-9-14-7-5-4-6-8-14;/h7,11,13H,4-6,8-10,12H2,1-3H3,(H2,18,19,20);1H. The highest BCUT2D eigenvalue weighted by molar-refractivity contribution is 14.0. The lowest BCUT2D eigenvalue weighted by atomic mass is 9.97. The Kier molecular flexibility index (Phi) is 9.28. The number of rotatable bonds is 6. The first-order chi connectivity index (χ1) is 10.7. The van der Waals surface area contributed by atoms with Crippen molar-refractivity contribution in [2.45, 2.75) is 58.4 Å². The van der Waals surface area contributed by atoms with Crippen LogP contribution in [-0.2, 0) is 6.54 Å². The molecule has 0 aliphatic heterocycles. The molecule has 1 aromatic rings. The number of aromatic nitrogens is 1. The molecule has 0 saturated heterocycles. The van der Waals surface area contributed by atoms with Crippen molar-refractivity contribution in [1.82, 2.24) is 15.8 Å². The molecule has 2 rings (SSSR count). The number of hydrogen-bond donors (Lipinski definition) is 2. The Balaban J connectivity index is 0.00000264. The van der Waals surface area contributed by atoms with Crippen LogP contribution in [0.5, 0.6) is 0 Å². The van der Waals surface area contributed by atoms with Crippen molar-refractivity contribution in [3.05, 3.63) is 29.2 Å². The van der Waals surface area contributed by atoms with Gasteiger partial charge in [-0.1, -0.05) is 30.7 Å². The smallest absolute Gasteiger partial charge is 0.191 e. The van der Waals surface area contributed by atoms with Crippen LogP contribution in [0.25, 0.3) is 0 Å². The second-order valence-electron chi connectivity index (χ2n) is 6.08. The fraction of sp³-hybridized carbons (Fsp3) is 0.647. The average molecular weight is 432 g/mol. The molecule has 1 heterocycles. The van der Waals surface area contributed by atoms with E-state index in [1.165, 1.54) is 25.7 Å².